The minimum Gasteiger partial charge on any atom is -0.469 e. The molecule has 5 rings (SSSR count). The van der Waals surface area contributed by atoms with E-state index in [1.54, 1.807) is 0 Å². The van der Waals surface area contributed by atoms with Crippen LogP contribution in [0.3, 0.4) is 0 Å². The molecule has 1 amide bonds. The maximum absolute atomic E-state index is 13.9. The molecule has 0 saturated heterocycles. The van der Waals surface area contributed by atoms with Gasteiger partial charge in [-0.2, -0.15) is 0 Å². The number of hydrogen-bond acceptors (Lipinski definition) is 6. The van der Waals surface area contributed by atoms with Crippen LogP contribution in [-0.4, -0.2) is 41.7 Å². The molecule has 0 bridgehead atoms. The Balaban J connectivity index is 1.43. The summed E-state index contributed by atoms with van der Waals surface area (Å²) in [6, 6.07) is 29.8. The number of benzene rings is 3. The average molecular weight is 623 g/mol. The Hall–Kier alpha value is -4.69. The number of carbonyl (C=O) groups excluding carboxylic acids is 3. The zero-order chi connectivity index (χ0) is 32.0. The fraction of sp³-hybridized carbons (Fsp3) is 0.270. The molecule has 0 saturated carbocycles. The molecule has 0 spiro atoms. The summed E-state index contributed by atoms with van der Waals surface area (Å²) in [5, 5.41) is 3.88. The minimum absolute atomic E-state index is 0.0919. The third-order valence-electron chi connectivity index (χ3n) is 7.34. The van der Waals surface area contributed by atoms with E-state index in [4.69, 9.17) is 9.47 Å². The van der Waals surface area contributed by atoms with Gasteiger partial charge in [-0.15, -0.1) is 11.3 Å². The smallest absolute Gasteiger partial charge is 0.407 e. The van der Waals surface area contributed by atoms with Crippen LogP contribution in [0.15, 0.2) is 91.0 Å². The van der Waals surface area contributed by atoms with E-state index in [0.717, 1.165) is 51.0 Å². The molecule has 0 aliphatic heterocycles. The van der Waals surface area contributed by atoms with E-state index in [1.807, 2.05) is 93.6 Å². The third kappa shape index (κ3) is 7.88. The number of ketones is 1. The second-order valence-corrected chi connectivity index (χ2v) is 12.9. The van der Waals surface area contributed by atoms with Crippen molar-refractivity contribution in [1.82, 2.24) is 9.88 Å². The van der Waals surface area contributed by atoms with Gasteiger partial charge in [0.15, 0.2) is 0 Å². The van der Waals surface area contributed by atoms with Crippen LogP contribution in [0.5, 0.6) is 0 Å². The van der Waals surface area contributed by atoms with Crippen LogP contribution in [0.25, 0.3) is 32.6 Å². The first-order valence-electron chi connectivity index (χ1n) is 15.1. The van der Waals surface area contributed by atoms with Gasteiger partial charge in [0, 0.05) is 40.1 Å². The monoisotopic (exact) mass is 622 g/mol. The quantitative estimate of drug-likeness (QED) is 0.0910. The van der Waals surface area contributed by atoms with Crippen LogP contribution < -0.4 is 5.32 Å². The van der Waals surface area contributed by atoms with E-state index >= 15 is 0 Å². The van der Waals surface area contributed by atoms with Crippen LogP contribution in [0.1, 0.15) is 54.4 Å². The topological polar surface area (TPSA) is 86.6 Å². The number of methoxy groups -OCH3 is 1. The molecule has 3 aromatic carbocycles. The first kappa shape index (κ1) is 31.7. The lowest BCUT2D eigenvalue weighted by Crippen LogP contribution is -2.33. The highest BCUT2D eigenvalue weighted by Crippen LogP contribution is 2.36. The van der Waals surface area contributed by atoms with E-state index in [2.05, 4.69) is 28.1 Å². The zero-order valence-corrected chi connectivity index (χ0v) is 26.9. The van der Waals surface area contributed by atoms with Crippen molar-refractivity contribution in [3.8, 4) is 21.7 Å². The second-order valence-electron chi connectivity index (χ2n) is 11.9. The molecule has 45 heavy (non-hydrogen) atoms. The molecule has 8 heteroatoms. The van der Waals surface area contributed by atoms with Crippen molar-refractivity contribution in [1.29, 1.82) is 0 Å². The highest BCUT2D eigenvalue weighted by Gasteiger charge is 2.21. The van der Waals surface area contributed by atoms with E-state index in [9.17, 15) is 14.4 Å². The van der Waals surface area contributed by atoms with Crippen molar-refractivity contribution >= 4 is 40.1 Å². The number of aryl methyl sites for hydroxylation is 1. The lowest BCUT2D eigenvalue weighted by Gasteiger charge is -2.19. The van der Waals surface area contributed by atoms with Crippen LogP contribution >= 0.6 is 11.3 Å². The molecule has 1 N–H and O–H groups in total. The van der Waals surface area contributed by atoms with Gasteiger partial charge in [0.05, 0.1) is 18.4 Å². The number of unbranched alkanes of at least 4 members (excludes halogenated alkanes) is 1. The van der Waals surface area contributed by atoms with Gasteiger partial charge in [-0.05, 0) is 68.5 Å². The number of nitrogens with one attached hydrogen (secondary N) is 1. The molecule has 5 aromatic rings. The van der Waals surface area contributed by atoms with Crippen LogP contribution in [0.4, 0.5) is 4.79 Å². The fourth-order valence-corrected chi connectivity index (χ4v) is 6.41. The maximum atomic E-state index is 13.9. The molecule has 0 radical (unpaired) electrons. The molecule has 2 heterocycles. The van der Waals surface area contributed by atoms with Crippen molar-refractivity contribution in [2.75, 3.05) is 13.7 Å². The average Bonchev–Trinajstić information content (AvgIpc) is 3.61. The zero-order valence-electron chi connectivity index (χ0n) is 26.1. The number of esters is 1. The number of amides is 1. The number of ether oxygens (including phenoxy) is 2. The van der Waals surface area contributed by atoms with E-state index in [-0.39, 0.29) is 18.2 Å². The van der Waals surface area contributed by atoms with Gasteiger partial charge in [0.25, 0.3) is 0 Å². The Kier molecular flexibility index (Phi) is 9.83. The molecule has 232 valence electrons. The van der Waals surface area contributed by atoms with Gasteiger partial charge in [-0.3, -0.25) is 9.59 Å². The molecule has 7 nitrogen and oxygen atoms in total. The molecule has 0 fully saturated rings. The lowest BCUT2D eigenvalue weighted by molar-refractivity contribution is -0.139. The molecule has 0 atom stereocenters. The number of rotatable bonds is 11. The Labute approximate surface area is 267 Å². The number of thiophene rings is 1. The SMILES string of the molecule is COC(=O)Cc1cc(C(=O)c2ccc3cc(-c4ccccc4)n(CCCCNC(=O)OC(C)(C)C)c3c2)sc1-c1ccccc1. The number of aromatic nitrogens is 1. The number of fused-ring (bicyclic) bond motifs is 1. The van der Waals surface area contributed by atoms with Crippen molar-refractivity contribution < 1.29 is 23.9 Å². The summed E-state index contributed by atoms with van der Waals surface area (Å²) in [6.45, 7) is 6.75. The summed E-state index contributed by atoms with van der Waals surface area (Å²) in [5.74, 6) is -0.441. The summed E-state index contributed by atoms with van der Waals surface area (Å²) in [6.07, 6.45) is 1.27. The number of carbonyl (C=O) groups is 3. The molecular formula is C37H38N2O5S. The Bertz CT molecular complexity index is 1800. The lowest BCUT2D eigenvalue weighted by atomic mass is 10.0. The Morgan fingerprint density at radius 2 is 1.53 bits per heavy atom. The Morgan fingerprint density at radius 1 is 0.844 bits per heavy atom. The maximum Gasteiger partial charge on any atom is 0.407 e. The first-order chi connectivity index (χ1) is 21.6. The third-order valence-corrected chi connectivity index (χ3v) is 8.57. The van der Waals surface area contributed by atoms with Gasteiger partial charge in [-0.1, -0.05) is 72.8 Å². The second kappa shape index (κ2) is 13.9. The molecule has 2 aromatic heterocycles. The van der Waals surface area contributed by atoms with Crippen LogP contribution in [0, 0.1) is 0 Å². The van der Waals surface area contributed by atoms with E-state index in [0.29, 0.717) is 23.5 Å². The molecular weight excluding hydrogens is 584 g/mol. The summed E-state index contributed by atoms with van der Waals surface area (Å²) in [4.78, 5) is 39.6. The van der Waals surface area contributed by atoms with E-state index in [1.165, 1.54) is 18.4 Å². The summed E-state index contributed by atoms with van der Waals surface area (Å²) < 4.78 is 12.5. The van der Waals surface area contributed by atoms with Crippen molar-refractivity contribution in [3.05, 3.63) is 107 Å². The predicted molar refractivity (Wildman–Crippen MR) is 180 cm³/mol. The molecule has 0 aliphatic rings. The number of hydrogen-bond donors (Lipinski definition) is 1. The first-order valence-corrected chi connectivity index (χ1v) is 15.9. The van der Waals surface area contributed by atoms with Crippen LogP contribution in [-0.2, 0) is 27.2 Å². The van der Waals surface area contributed by atoms with Crippen molar-refractivity contribution in [2.45, 2.75) is 52.2 Å². The predicted octanol–water partition coefficient (Wildman–Crippen LogP) is 8.29. The fourth-order valence-electron chi connectivity index (χ4n) is 5.26. The summed E-state index contributed by atoms with van der Waals surface area (Å²) >= 11 is 1.40. The van der Waals surface area contributed by atoms with E-state index < -0.39 is 11.7 Å². The standard InChI is InChI=1S/C37H38N2O5S/c1-37(2,3)44-36(42)38-19-11-12-20-39-30(25-13-7-5-8-14-25)21-27-17-18-28(22-31(27)39)34(41)32-23-29(24-33(40)43-4)35(45-32)26-15-9-6-10-16-26/h5-10,13-18,21-23H,11-12,19-20,24H2,1-4H3,(H,38,42). The van der Waals surface area contributed by atoms with Crippen molar-refractivity contribution in [3.63, 3.8) is 0 Å². The highest BCUT2D eigenvalue weighted by atomic mass is 32.1. The summed E-state index contributed by atoms with van der Waals surface area (Å²) in [5.41, 5.74) is 4.90. The minimum atomic E-state index is -0.539. The number of nitrogens with zero attached hydrogens (tertiary/aromatic N) is 1. The van der Waals surface area contributed by atoms with Crippen molar-refractivity contribution in [2.24, 2.45) is 0 Å². The molecule has 0 aliphatic carbocycles. The van der Waals surface area contributed by atoms with Gasteiger partial charge >= 0.3 is 12.1 Å². The van der Waals surface area contributed by atoms with Gasteiger partial charge < -0.3 is 19.4 Å². The summed E-state index contributed by atoms with van der Waals surface area (Å²) in [7, 11) is 1.37. The van der Waals surface area contributed by atoms with Gasteiger partial charge in [0.1, 0.15) is 5.60 Å². The highest BCUT2D eigenvalue weighted by molar-refractivity contribution is 7.17. The Morgan fingerprint density at radius 3 is 2.20 bits per heavy atom. The van der Waals surface area contributed by atoms with Crippen LogP contribution in [0.2, 0.25) is 0 Å². The van der Waals surface area contributed by atoms with Gasteiger partial charge in [-0.25, -0.2) is 4.79 Å². The molecule has 0 unspecified atom stereocenters. The largest absolute Gasteiger partial charge is 0.469 e. The normalized spacial score (nSPS) is 11.4. The van der Waals surface area contributed by atoms with Gasteiger partial charge in [0.2, 0.25) is 5.78 Å². The number of alkyl carbamates (subject to hydrolysis) is 1.